The number of benzene rings is 2. The van der Waals surface area contributed by atoms with Gasteiger partial charge < -0.3 is 0 Å². The molecule has 0 saturated carbocycles. The van der Waals surface area contributed by atoms with Crippen LogP contribution in [0, 0.1) is 6.92 Å². The zero-order valence-electron chi connectivity index (χ0n) is 14.0. The monoisotopic (exact) mass is 406 g/mol. The van der Waals surface area contributed by atoms with Gasteiger partial charge in [-0.3, -0.25) is 19.9 Å². The molecule has 0 unspecified atom stereocenters. The smallest absolute Gasteiger partial charge is 0.280 e. The highest BCUT2D eigenvalue weighted by molar-refractivity contribution is 9.10. The Balaban J connectivity index is 1.80. The van der Waals surface area contributed by atoms with Crippen LogP contribution >= 0.6 is 15.9 Å². The fourth-order valence-electron chi connectivity index (χ4n) is 2.84. The molecule has 2 aromatic carbocycles. The van der Waals surface area contributed by atoms with Gasteiger partial charge >= 0.3 is 0 Å². The van der Waals surface area contributed by atoms with E-state index in [1.807, 2.05) is 61.5 Å². The number of nitrogens with one attached hydrogen (secondary N) is 1. The van der Waals surface area contributed by atoms with Crippen molar-refractivity contribution in [2.45, 2.75) is 6.92 Å². The molecular weight excluding hydrogens is 392 g/mol. The molecule has 0 fully saturated rings. The molecule has 0 spiro atoms. The Kier molecular flexibility index (Phi) is 4.26. The Bertz CT molecular complexity index is 1180. The van der Waals surface area contributed by atoms with Crippen LogP contribution in [0.15, 0.2) is 75.1 Å². The van der Waals surface area contributed by atoms with Gasteiger partial charge in [-0.25, -0.2) is 4.68 Å². The van der Waals surface area contributed by atoms with E-state index >= 15 is 0 Å². The Morgan fingerprint density at radius 1 is 1.15 bits per heavy atom. The van der Waals surface area contributed by atoms with Crippen molar-refractivity contribution in [2.24, 2.45) is 4.99 Å². The van der Waals surface area contributed by atoms with Gasteiger partial charge in [0, 0.05) is 28.0 Å². The molecule has 26 heavy (non-hydrogen) atoms. The first-order valence-corrected chi connectivity index (χ1v) is 8.88. The van der Waals surface area contributed by atoms with Gasteiger partial charge in [0.2, 0.25) is 0 Å². The average molecular weight is 407 g/mol. The molecule has 4 aromatic rings. The summed E-state index contributed by atoms with van der Waals surface area (Å²) >= 11 is 3.50. The van der Waals surface area contributed by atoms with Crippen molar-refractivity contribution in [3.8, 4) is 5.69 Å². The molecule has 5 nitrogen and oxygen atoms in total. The number of halogens is 1. The first-order chi connectivity index (χ1) is 12.6. The van der Waals surface area contributed by atoms with Crippen molar-refractivity contribution in [3.63, 3.8) is 0 Å². The van der Waals surface area contributed by atoms with Crippen LogP contribution in [-0.4, -0.2) is 21.0 Å². The average Bonchev–Trinajstić information content (AvgIpc) is 2.94. The molecule has 0 aliphatic heterocycles. The van der Waals surface area contributed by atoms with Crippen molar-refractivity contribution in [1.82, 2.24) is 14.8 Å². The lowest BCUT2D eigenvalue weighted by molar-refractivity contribution is 0.835. The van der Waals surface area contributed by atoms with E-state index in [9.17, 15) is 4.79 Å². The van der Waals surface area contributed by atoms with Gasteiger partial charge in [0.25, 0.3) is 5.56 Å². The number of aromatic amines is 1. The number of rotatable bonds is 3. The van der Waals surface area contributed by atoms with Crippen molar-refractivity contribution >= 4 is 38.7 Å². The maximum Gasteiger partial charge on any atom is 0.280 e. The Morgan fingerprint density at radius 3 is 2.77 bits per heavy atom. The standard InChI is InChI=1S/C20H15BrN4O/c1-13-17(20(26)25(24-13)16-7-3-2-4-8-16)12-23-18-11-15(21)10-14-6-5-9-22-19(14)18/h2-12,24H,1H3. The SMILES string of the molecule is Cc1[nH]n(-c2ccccc2)c(=O)c1C=Nc1cc(Br)cc2cccnc12. The number of aryl methyl sites for hydroxylation is 1. The highest BCUT2D eigenvalue weighted by Crippen LogP contribution is 2.28. The summed E-state index contributed by atoms with van der Waals surface area (Å²) in [6.45, 7) is 1.86. The van der Waals surface area contributed by atoms with Crippen molar-refractivity contribution in [3.05, 3.63) is 86.9 Å². The van der Waals surface area contributed by atoms with Crippen molar-refractivity contribution in [2.75, 3.05) is 0 Å². The largest absolute Gasteiger partial charge is 0.295 e. The quantitative estimate of drug-likeness (QED) is 0.507. The van der Waals surface area contributed by atoms with Crippen molar-refractivity contribution < 1.29 is 0 Å². The Labute approximate surface area is 158 Å². The number of para-hydroxylation sites is 1. The predicted octanol–water partition coefficient (Wildman–Crippen LogP) is 4.54. The third-order valence-corrected chi connectivity index (χ3v) is 4.57. The maximum absolute atomic E-state index is 12.8. The third-order valence-electron chi connectivity index (χ3n) is 4.11. The lowest BCUT2D eigenvalue weighted by Crippen LogP contribution is -2.17. The number of aliphatic imine (C=N–C) groups is 1. The van der Waals surface area contributed by atoms with E-state index in [1.54, 1.807) is 12.4 Å². The van der Waals surface area contributed by atoms with Gasteiger partial charge in [-0.1, -0.05) is 40.2 Å². The highest BCUT2D eigenvalue weighted by atomic mass is 79.9. The van der Waals surface area contributed by atoms with Crippen LogP contribution in [0.1, 0.15) is 11.3 Å². The zero-order valence-corrected chi connectivity index (χ0v) is 15.6. The molecule has 0 radical (unpaired) electrons. The summed E-state index contributed by atoms with van der Waals surface area (Å²) in [6.07, 6.45) is 3.34. The molecule has 128 valence electrons. The van der Waals surface area contributed by atoms with Crippen LogP contribution in [0.3, 0.4) is 0 Å². The second kappa shape index (κ2) is 6.72. The molecule has 0 aliphatic rings. The van der Waals surface area contributed by atoms with Crippen LogP contribution in [0.5, 0.6) is 0 Å². The van der Waals surface area contributed by atoms with Gasteiger partial charge in [0.1, 0.15) is 0 Å². The molecule has 2 heterocycles. The predicted molar refractivity (Wildman–Crippen MR) is 108 cm³/mol. The minimum Gasteiger partial charge on any atom is -0.295 e. The topological polar surface area (TPSA) is 63.0 Å². The molecule has 1 N–H and O–H groups in total. The number of fused-ring (bicyclic) bond motifs is 1. The number of hydrogen-bond acceptors (Lipinski definition) is 3. The van der Waals surface area contributed by atoms with Crippen LogP contribution in [0.2, 0.25) is 0 Å². The van der Waals surface area contributed by atoms with Crippen LogP contribution < -0.4 is 5.56 Å². The first kappa shape index (κ1) is 16.5. The molecule has 0 aliphatic carbocycles. The lowest BCUT2D eigenvalue weighted by Gasteiger charge is -2.02. The van der Waals surface area contributed by atoms with E-state index in [0.717, 1.165) is 26.8 Å². The lowest BCUT2D eigenvalue weighted by atomic mass is 10.2. The summed E-state index contributed by atoms with van der Waals surface area (Å²) in [5.74, 6) is 0. The summed E-state index contributed by atoms with van der Waals surface area (Å²) in [4.78, 5) is 21.7. The molecule has 0 amide bonds. The minimum atomic E-state index is -0.135. The van der Waals surface area contributed by atoms with Crippen molar-refractivity contribution in [1.29, 1.82) is 0 Å². The van der Waals surface area contributed by atoms with Gasteiger partial charge in [-0.15, -0.1) is 0 Å². The van der Waals surface area contributed by atoms with E-state index in [1.165, 1.54) is 4.68 Å². The molecule has 4 rings (SSSR count). The Hall–Kier alpha value is -2.99. The highest BCUT2D eigenvalue weighted by Gasteiger charge is 2.11. The molecule has 2 aromatic heterocycles. The first-order valence-electron chi connectivity index (χ1n) is 8.09. The van der Waals surface area contributed by atoms with Gasteiger partial charge in [-0.05, 0) is 37.3 Å². The van der Waals surface area contributed by atoms with E-state index in [4.69, 9.17) is 0 Å². The summed E-state index contributed by atoms with van der Waals surface area (Å²) in [7, 11) is 0. The van der Waals surface area contributed by atoms with Gasteiger partial charge in [-0.2, -0.15) is 0 Å². The number of H-pyrrole nitrogens is 1. The summed E-state index contributed by atoms with van der Waals surface area (Å²) in [5, 5.41) is 4.09. The molecule has 6 heteroatoms. The number of hydrogen-bond donors (Lipinski definition) is 1. The molecule has 0 atom stereocenters. The third kappa shape index (κ3) is 2.99. The van der Waals surface area contributed by atoms with E-state index < -0.39 is 0 Å². The molecule has 0 bridgehead atoms. The summed E-state index contributed by atoms with van der Waals surface area (Å²) in [5.41, 5.74) is 3.44. The zero-order chi connectivity index (χ0) is 18.1. The van der Waals surface area contributed by atoms with Crippen LogP contribution in [0.25, 0.3) is 16.6 Å². The summed E-state index contributed by atoms with van der Waals surface area (Å²) in [6, 6.07) is 17.2. The fourth-order valence-corrected chi connectivity index (χ4v) is 3.30. The van der Waals surface area contributed by atoms with E-state index in [-0.39, 0.29) is 5.56 Å². The number of nitrogens with zero attached hydrogens (tertiary/aromatic N) is 3. The number of pyridine rings is 1. The fraction of sp³-hybridized carbons (Fsp3) is 0.0500. The van der Waals surface area contributed by atoms with Crippen LogP contribution in [-0.2, 0) is 0 Å². The normalized spacial score (nSPS) is 11.5. The minimum absolute atomic E-state index is 0.135. The maximum atomic E-state index is 12.8. The Morgan fingerprint density at radius 2 is 1.96 bits per heavy atom. The number of aromatic nitrogens is 3. The second-order valence-electron chi connectivity index (χ2n) is 5.88. The molecular formula is C20H15BrN4O. The van der Waals surface area contributed by atoms with E-state index in [0.29, 0.717) is 11.3 Å². The summed E-state index contributed by atoms with van der Waals surface area (Å²) < 4.78 is 2.44. The van der Waals surface area contributed by atoms with Gasteiger partial charge in [0.05, 0.1) is 22.5 Å². The second-order valence-corrected chi connectivity index (χ2v) is 6.80. The molecule has 0 saturated heterocycles. The van der Waals surface area contributed by atoms with Gasteiger partial charge in [0.15, 0.2) is 0 Å². The van der Waals surface area contributed by atoms with E-state index in [2.05, 4.69) is 31.0 Å². The van der Waals surface area contributed by atoms with Crippen LogP contribution in [0.4, 0.5) is 5.69 Å².